The fraction of sp³-hybridized carbons (Fsp3) is 0.364. The number of aromatic carboxylic acids is 1. The largest absolute Gasteiger partial charge is 0.478 e. The summed E-state index contributed by atoms with van der Waals surface area (Å²) >= 11 is 0. The molecule has 0 radical (unpaired) electrons. The Morgan fingerprint density at radius 3 is 2.43 bits per heavy atom. The third-order valence-corrected chi connectivity index (χ3v) is 4.02. The highest BCUT2D eigenvalue weighted by molar-refractivity contribution is 7.89. The molecule has 0 aliphatic carbocycles. The van der Waals surface area contributed by atoms with E-state index in [-0.39, 0.29) is 5.56 Å². The van der Waals surface area contributed by atoms with Gasteiger partial charge in [-0.05, 0) is 24.6 Å². The molecule has 0 aliphatic rings. The first kappa shape index (κ1) is 17.4. The molecular weight excluding hydrogens is 315 g/mol. The van der Waals surface area contributed by atoms with Gasteiger partial charge in [0.2, 0.25) is 10.0 Å². The first-order valence-corrected chi connectivity index (χ1v) is 7.02. The van der Waals surface area contributed by atoms with Crippen LogP contribution in [0.25, 0.3) is 0 Å². The number of hydrogen-bond acceptors (Lipinski definition) is 4. The van der Waals surface area contributed by atoms with Crippen molar-refractivity contribution in [1.29, 1.82) is 0 Å². The molecule has 0 saturated carbocycles. The van der Waals surface area contributed by atoms with Crippen LogP contribution in [0.3, 0.4) is 0 Å². The number of aliphatic hydroxyl groups excluding tert-OH is 1. The lowest BCUT2D eigenvalue weighted by Gasteiger charge is -2.15. The summed E-state index contributed by atoms with van der Waals surface area (Å²) < 4.78 is 61.4. The van der Waals surface area contributed by atoms with Gasteiger partial charge in [-0.2, -0.15) is 13.2 Å². The van der Waals surface area contributed by atoms with Crippen molar-refractivity contribution in [2.45, 2.75) is 24.1 Å². The van der Waals surface area contributed by atoms with Crippen LogP contribution in [-0.4, -0.2) is 43.4 Å². The summed E-state index contributed by atoms with van der Waals surface area (Å²) in [6, 6.07) is 3.11. The van der Waals surface area contributed by atoms with Crippen molar-refractivity contribution in [2.75, 3.05) is 6.54 Å². The number of sulfonamides is 1. The van der Waals surface area contributed by atoms with Gasteiger partial charge in [0.1, 0.15) is 0 Å². The van der Waals surface area contributed by atoms with Crippen LogP contribution < -0.4 is 4.72 Å². The summed E-state index contributed by atoms with van der Waals surface area (Å²) in [4.78, 5) is 10.4. The van der Waals surface area contributed by atoms with Gasteiger partial charge in [-0.3, -0.25) is 0 Å². The molecule has 1 aromatic carbocycles. The molecule has 0 bridgehead atoms. The maximum Gasteiger partial charge on any atom is 0.415 e. The highest BCUT2D eigenvalue weighted by Crippen LogP contribution is 2.20. The zero-order chi connectivity index (χ0) is 16.4. The average molecular weight is 327 g/mol. The second kappa shape index (κ2) is 6.00. The molecule has 0 amide bonds. The molecule has 0 heterocycles. The number of alkyl halides is 3. The average Bonchev–Trinajstić information content (AvgIpc) is 2.34. The quantitative estimate of drug-likeness (QED) is 0.745. The third kappa shape index (κ3) is 4.41. The third-order valence-electron chi connectivity index (χ3n) is 2.59. The normalized spacial score (nSPS) is 14.0. The highest BCUT2D eigenvalue weighted by atomic mass is 32.2. The molecule has 0 spiro atoms. The minimum atomic E-state index is -4.96. The van der Waals surface area contributed by atoms with Gasteiger partial charge in [-0.15, -0.1) is 0 Å². The molecule has 1 atom stereocenters. The van der Waals surface area contributed by atoms with Gasteiger partial charge in [0.25, 0.3) is 0 Å². The smallest absolute Gasteiger partial charge is 0.415 e. The Hall–Kier alpha value is -1.65. The molecular formula is C11H12F3NO5S. The van der Waals surface area contributed by atoms with Crippen LogP contribution in [-0.2, 0) is 10.0 Å². The van der Waals surface area contributed by atoms with Crippen molar-refractivity contribution in [1.82, 2.24) is 4.72 Å². The van der Waals surface area contributed by atoms with E-state index in [1.54, 1.807) is 4.72 Å². The number of nitrogens with one attached hydrogen (secondary N) is 1. The van der Waals surface area contributed by atoms with Gasteiger partial charge in [0.05, 0.1) is 10.5 Å². The topological polar surface area (TPSA) is 104 Å². The second-order valence-electron chi connectivity index (χ2n) is 4.19. The lowest BCUT2D eigenvalue weighted by Crippen LogP contribution is -2.40. The SMILES string of the molecule is Cc1ccc(S(=O)(=O)NCC(O)C(F)(F)F)cc1C(=O)O. The van der Waals surface area contributed by atoms with Gasteiger partial charge in [0, 0.05) is 6.54 Å². The van der Waals surface area contributed by atoms with Crippen LogP contribution in [0, 0.1) is 6.92 Å². The maximum absolute atomic E-state index is 12.1. The predicted molar refractivity (Wildman–Crippen MR) is 65.4 cm³/mol. The number of rotatable bonds is 5. The van der Waals surface area contributed by atoms with E-state index in [0.717, 1.165) is 12.1 Å². The van der Waals surface area contributed by atoms with E-state index >= 15 is 0 Å². The van der Waals surface area contributed by atoms with Crippen LogP contribution in [0.5, 0.6) is 0 Å². The van der Waals surface area contributed by atoms with E-state index in [4.69, 9.17) is 10.2 Å². The molecule has 6 nitrogen and oxygen atoms in total. The first-order valence-electron chi connectivity index (χ1n) is 5.53. The van der Waals surface area contributed by atoms with E-state index in [9.17, 15) is 26.4 Å². The Kier molecular flexibility index (Phi) is 4.97. The predicted octanol–water partition coefficient (Wildman–Crippen LogP) is 0.895. The fourth-order valence-electron chi connectivity index (χ4n) is 1.39. The number of aliphatic hydroxyl groups is 1. The van der Waals surface area contributed by atoms with Crippen molar-refractivity contribution in [3.8, 4) is 0 Å². The van der Waals surface area contributed by atoms with E-state index in [1.165, 1.54) is 13.0 Å². The lowest BCUT2D eigenvalue weighted by atomic mass is 10.1. The van der Waals surface area contributed by atoms with Crippen molar-refractivity contribution in [2.24, 2.45) is 0 Å². The lowest BCUT2D eigenvalue weighted by molar-refractivity contribution is -0.200. The minimum absolute atomic E-state index is 0.283. The monoisotopic (exact) mass is 327 g/mol. The molecule has 3 N–H and O–H groups in total. The van der Waals surface area contributed by atoms with Crippen molar-refractivity contribution in [3.05, 3.63) is 29.3 Å². The first-order chi connectivity index (χ1) is 9.45. The van der Waals surface area contributed by atoms with Crippen LogP contribution in [0.2, 0.25) is 0 Å². The Bertz CT molecular complexity index is 642. The maximum atomic E-state index is 12.1. The summed E-state index contributed by atoms with van der Waals surface area (Å²) in [6.07, 6.45) is -7.81. The molecule has 0 saturated heterocycles. The van der Waals surface area contributed by atoms with Crippen LogP contribution in [0.15, 0.2) is 23.1 Å². The highest BCUT2D eigenvalue weighted by Gasteiger charge is 2.38. The zero-order valence-corrected chi connectivity index (χ0v) is 11.5. The molecule has 10 heteroatoms. The molecule has 1 aromatic rings. The Morgan fingerprint density at radius 1 is 1.38 bits per heavy atom. The number of benzene rings is 1. The van der Waals surface area contributed by atoms with E-state index in [0.29, 0.717) is 5.56 Å². The van der Waals surface area contributed by atoms with Crippen LogP contribution in [0.4, 0.5) is 13.2 Å². The summed E-state index contributed by atoms with van der Waals surface area (Å²) in [5.41, 5.74) is 0.0195. The molecule has 118 valence electrons. The summed E-state index contributed by atoms with van der Waals surface area (Å²) in [6.45, 7) is 0.183. The van der Waals surface area contributed by atoms with Gasteiger partial charge in [0.15, 0.2) is 6.10 Å². The van der Waals surface area contributed by atoms with E-state index in [2.05, 4.69) is 0 Å². The van der Waals surface area contributed by atoms with E-state index < -0.39 is 39.7 Å². The standard InChI is InChI=1S/C11H12F3NO5S/c1-6-2-3-7(4-8(6)10(17)18)21(19,20)15-5-9(16)11(12,13)14/h2-4,9,15-16H,5H2,1H3,(H,17,18). The minimum Gasteiger partial charge on any atom is -0.478 e. The summed E-state index contributed by atoms with van der Waals surface area (Å²) in [5, 5.41) is 17.6. The van der Waals surface area contributed by atoms with E-state index in [1.807, 2.05) is 0 Å². The number of carboxylic acids is 1. The molecule has 21 heavy (non-hydrogen) atoms. The molecule has 0 aliphatic heterocycles. The molecule has 1 rings (SSSR count). The summed E-state index contributed by atoms with van der Waals surface area (Å²) in [7, 11) is -4.36. The fourth-order valence-corrected chi connectivity index (χ4v) is 2.45. The summed E-state index contributed by atoms with van der Waals surface area (Å²) in [5.74, 6) is -1.36. The Balaban J connectivity index is 2.99. The van der Waals surface area contributed by atoms with Gasteiger partial charge >= 0.3 is 12.1 Å². The van der Waals surface area contributed by atoms with Crippen molar-refractivity contribution < 1.29 is 36.6 Å². The van der Waals surface area contributed by atoms with Crippen molar-refractivity contribution >= 4 is 16.0 Å². The van der Waals surface area contributed by atoms with Crippen LogP contribution in [0.1, 0.15) is 15.9 Å². The van der Waals surface area contributed by atoms with Gasteiger partial charge in [-0.25, -0.2) is 17.9 Å². The zero-order valence-electron chi connectivity index (χ0n) is 10.7. The van der Waals surface area contributed by atoms with Gasteiger partial charge in [-0.1, -0.05) is 6.07 Å². The molecule has 0 fully saturated rings. The molecule has 0 aromatic heterocycles. The van der Waals surface area contributed by atoms with Crippen LogP contribution >= 0.6 is 0 Å². The Labute approximate surface area is 118 Å². The Morgan fingerprint density at radius 2 is 1.95 bits per heavy atom. The number of carbonyl (C=O) groups is 1. The van der Waals surface area contributed by atoms with Gasteiger partial charge < -0.3 is 10.2 Å². The molecule has 1 unspecified atom stereocenters. The number of carboxylic acid groups (broad SMARTS) is 1. The van der Waals surface area contributed by atoms with Crippen molar-refractivity contribution in [3.63, 3.8) is 0 Å². The number of aryl methyl sites for hydroxylation is 1. The number of hydrogen-bond donors (Lipinski definition) is 3. The second-order valence-corrected chi connectivity index (χ2v) is 5.96. The number of halogens is 3.